The molecule has 0 radical (unpaired) electrons. The molecule has 0 amide bonds. The number of rotatable bonds is 10. The van der Waals surface area contributed by atoms with Crippen LogP contribution in [-0.4, -0.2) is 17.8 Å². The Morgan fingerprint density at radius 1 is 0.618 bits per heavy atom. The van der Waals surface area contributed by atoms with Crippen molar-refractivity contribution in [1.82, 2.24) is 0 Å². The molecule has 3 aromatic carbocycles. The van der Waals surface area contributed by atoms with Gasteiger partial charge in [0, 0.05) is 9.79 Å². The van der Waals surface area contributed by atoms with Crippen LogP contribution in [0.4, 0.5) is 0 Å². The second kappa shape index (κ2) is 12.6. The summed E-state index contributed by atoms with van der Waals surface area (Å²) in [5, 5.41) is 5.51. The fourth-order valence-electron chi connectivity index (χ4n) is 4.22. The summed E-state index contributed by atoms with van der Waals surface area (Å²) in [6.07, 6.45) is 10.2. The average Bonchev–Trinajstić information content (AvgIpc) is 3.51. The zero-order chi connectivity index (χ0) is 23.3. The number of hydrogen-bond acceptors (Lipinski definition) is 7. The van der Waals surface area contributed by atoms with Gasteiger partial charge in [-0.3, -0.25) is 0 Å². The number of hydrogen-bond donors (Lipinski definition) is 1. The second-order valence-corrected chi connectivity index (χ2v) is 15.7. The molecule has 2 aliphatic rings. The minimum absolute atomic E-state index is 1.03. The molecule has 7 heteroatoms. The molecule has 0 nitrogen and oxygen atoms in total. The quantitative estimate of drug-likeness (QED) is 0.144. The van der Waals surface area contributed by atoms with Crippen molar-refractivity contribution in [2.24, 2.45) is 0 Å². The molecule has 0 aromatic heterocycles. The van der Waals surface area contributed by atoms with Gasteiger partial charge >= 0.3 is 0 Å². The zero-order valence-electron chi connectivity index (χ0n) is 19.2. The summed E-state index contributed by atoms with van der Waals surface area (Å²) in [6, 6.07) is 17.8. The van der Waals surface area contributed by atoms with Crippen LogP contribution in [0.25, 0.3) is 21.5 Å². The molecule has 34 heavy (non-hydrogen) atoms. The third-order valence-electron chi connectivity index (χ3n) is 5.90. The van der Waals surface area contributed by atoms with E-state index in [0.717, 1.165) is 5.75 Å². The van der Waals surface area contributed by atoms with E-state index >= 15 is 0 Å². The third-order valence-corrected chi connectivity index (χ3v) is 14.9. The molecule has 0 bridgehead atoms. The van der Waals surface area contributed by atoms with Crippen LogP contribution in [-0.2, 0) is 0 Å². The van der Waals surface area contributed by atoms with Gasteiger partial charge in [0.05, 0.1) is 16.9 Å². The highest BCUT2D eigenvalue weighted by molar-refractivity contribution is 8.42. The van der Waals surface area contributed by atoms with Crippen LogP contribution >= 0.6 is 83.2 Å². The third kappa shape index (κ3) is 5.66. The lowest BCUT2D eigenvalue weighted by atomic mass is 10.0. The van der Waals surface area contributed by atoms with Crippen molar-refractivity contribution in [3.8, 4) is 0 Å². The maximum absolute atomic E-state index is 4.31. The van der Waals surface area contributed by atoms with Crippen LogP contribution < -0.4 is 0 Å². The van der Waals surface area contributed by atoms with E-state index in [1.165, 1.54) is 92.6 Å². The van der Waals surface area contributed by atoms with Crippen molar-refractivity contribution in [2.75, 3.05) is 17.8 Å². The lowest BCUT2D eigenvalue weighted by molar-refractivity contribution is 0.629. The predicted octanol–water partition coefficient (Wildman–Crippen LogP) is 11.3. The Kier molecular flexibility index (Phi) is 9.52. The summed E-state index contributed by atoms with van der Waals surface area (Å²) in [5.41, 5.74) is 0. The van der Waals surface area contributed by atoms with Gasteiger partial charge in [0.2, 0.25) is 0 Å². The Labute approximate surface area is 234 Å². The number of fused-ring (bicyclic) bond motifs is 6. The van der Waals surface area contributed by atoms with E-state index in [-0.39, 0.29) is 0 Å². The largest absolute Gasteiger partial charge is 0.179 e. The van der Waals surface area contributed by atoms with Crippen LogP contribution in [0.3, 0.4) is 0 Å². The van der Waals surface area contributed by atoms with Gasteiger partial charge in [-0.15, -0.1) is 23.5 Å². The minimum Gasteiger partial charge on any atom is -0.179 e. The highest BCUT2D eigenvalue weighted by Crippen LogP contribution is 2.65. The van der Waals surface area contributed by atoms with Crippen LogP contribution in [0.2, 0.25) is 0 Å². The first-order valence-corrected chi connectivity index (χ1v) is 17.8. The van der Waals surface area contributed by atoms with Gasteiger partial charge in [0.1, 0.15) is 0 Å². The second-order valence-electron chi connectivity index (χ2n) is 8.21. The zero-order valence-corrected chi connectivity index (χ0v) is 25.0. The Balaban J connectivity index is 1.29. The van der Waals surface area contributed by atoms with E-state index in [1.54, 1.807) is 0 Å². The van der Waals surface area contributed by atoms with Gasteiger partial charge < -0.3 is 0 Å². The van der Waals surface area contributed by atoms with Crippen LogP contribution in [0.15, 0.2) is 75.3 Å². The van der Waals surface area contributed by atoms with E-state index in [1.807, 2.05) is 58.8 Å². The van der Waals surface area contributed by atoms with Crippen LogP contribution in [0, 0.1) is 0 Å². The first kappa shape index (κ1) is 25.7. The lowest BCUT2D eigenvalue weighted by Crippen LogP contribution is -1.83. The van der Waals surface area contributed by atoms with Gasteiger partial charge in [-0.05, 0) is 52.1 Å². The Morgan fingerprint density at radius 2 is 1.12 bits per heavy atom. The molecule has 2 heterocycles. The highest BCUT2D eigenvalue weighted by Gasteiger charge is 2.30. The fraction of sp³-hybridized carbons (Fsp3) is 0.333. The number of benzene rings is 3. The molecule has 0 saturated heterocycles. The minimum atomic E-state index is 1.03. The first-order valence-electron chi connectivity index (χ1n) is 11.7. The lowest BCUT2D eigenvalue weighted by Gasteiger charge is -2.09. The van der Waals surface area contributed by atoms with Crippen molar-refractivity contribution in [2.45, 2.75) is 48.3 Å². The highest BCUT2D eigenvalue weighted by atomic mass is 32.3. The molecule has 178 valence electrons. The standard InChI is InChI=1S/C27H28S7/c1-29-24-25(30-17-11-5-3-2-4-10-16-28)34-27(33-24)26-31-22-20-14-8-6-12-18(20)19-13-7-9-15-21(19)23(22)32-26/h6-9,12-15,28H,2-5,10-11,16-17H2,1H3. The van der Waals surface area contributed by atoms with Crippen LogP contribution in [0.5, 0.6) is 0 Å². The first-order chi connectivity index (χ1) is 16.8. The van der Waals surface area contributed by atoms with E-state index in [4.69, 9.17) is 0 Å². The molecule has 0 saturated carbocycles. The molecule has 0 N–H and O–H groups in total. The van der Waals surface area contributed by atoms with Gasteiger partial charge in [0.25, 0.3) is 0 Å². The number of thioether (sulfide) groups is 6. The normalized spacial score (nSPS) is 15.8. The van der Waals surface area contributed by atoms with Crippen molar-refractivity contribution in [3.63, 3.8) is 0 Å². The molecule has 0 aliphatic carbocycles. The van der Waals surface area contributed by atoms with E-state index in [9.17, 15) is 0 Å². The summed E-state index contributed by atoms with van der Waals surface area (Å²) < 4.78 is 5.93. The molecule has 0 fully saturated rings. The van der Waals surface area contributed by atoms with Crippen LogP contribution in [0.1, 0.15) is 38.5 Å². The summed E-state index contributed by atoms with van der Waals surface area (Å²) in [7, 11) is 0. The number of unbranched alkanes of at least 4 members (excludes halogenated alkanes) is 5. The van der Waals surface area contributed by atoms with E-state index in [2.05, 4.69) is 79.2 Å². The van der Waals surface area contributed by atoms with Gasteiger partial charge in [-0.2, -0.15) is 12.6 Å². The van der Waals surface area contributed by atoms with Crippen molar-refractivity contribution in [1.29, 1.82) is 0 Å². The van der Waals surface area contributed by atoms with Gasteiger partial charge in [0.15, 0.2) is 0 Å². The molecule has 3 aromatic rings. The van der Waals surface area contributed by atoms with E-state index in [0.29, 0.717) is 0 Å². The van der Waals surface area contributed by atoms with Crippen molar-refractivity contribution in [3.05, 3.63) is 65.5 Å². The van der Waals surface area contributed by atoms with Gasteiger partial charge in [-0.1, -0.05) is 121 Å². The SMILES string of the molecule is CSC1=C(SCCCCCCCCS)SC(=C2Sc3c(c4ccccc4c4ccccc34)S2)S1. The monoisotopic (exact) mass is 576 g/mol. The Bertz CT molecular complexity index is 1180. The fourth-order valence-corrected chi connectivity index (χ4v) is 13.0. The molecule has 0 spiro atoms. The smallest absolute Gasteiger partial charge is 0.0717 e. The summed E-state index contributed by atoms with van der Waals surface area (Å²) in [5.74, 6) is 2.26. The molecule has 2 aliphatic heterocycles. The predicted molar refractivity (Wildman–Crippen MR) is 170 cm³/mol. The average molecular weight is 577 g/mol. The van der Waals surface area contributed by atoms with Crippen molar-refractivity contribution < 1.29 is 0 Å². The summed E-state index contributed by atoms with van der Waals surface area (Å²) in [6.45, 7) is 0. The van der Waals surface area contributed by atoms with Crippen molar-refractivity contribution >= 4 is 105 Å². The Morgan fingerprint density at radius 3 is 1.71 bits per heavy atom. The Hall–Kier alpha value is 0.110. The summed E-state index contributed by atoms with van der Waals surface area (Å²) in [4.78, 5) is 2.88. The maximum atomic E-state index is 4.31. The number of thiol groups is 1. The molecule has 0 atom stereocenters. The molecular weight excluding hydrogens is 549 g/mol. The van der Waals surface area contributed by atoms with Gasteiger partial charge in [-0.25, -0.2) is 0 Å². The maximum Gasteiger partial charge on any atom is 0.0717 e. The summed E-state index contributed by atoms with van der Waals surface area (Å²) >= 11 is 16.3. The molecular formula is C27H28S7. The molecule has 5 rings (SSSR count). The topological polar surface area (TPSA) is 0 Å². The van der Waals surface area contributed by atoms with E-state index < -0.39 is 0 Å². The molecule has 0 unspecified atom stereocenters.